The molecule has 152 valence electrons. The highest BCUT2D eigenvalue weighted by molar-refractivity contribution is 5.90. The van der Waals surface area contributed by atoms with Gasteiger partial charge in [-0.2, -0.15) is 0 Å². The molecule has 1 aromatic carbocycles. The summed E-state index contributed by atoms with van der Waals surface area (Å²) in [6.45, 7) is 3.88. The number of nitrogens with one attached hydrogen (secondary N) is 2. The van der Waals surface area contributed by atoms with Gasteiger partial charge < -0.3 is 34.6 Å². The third-order valence-corrected chi connectivity index (χ3v) is 5.12. The normalized spacial score (nSPS) is 12.8. The number of rotatable bonds is 4. The second-order valence-electron chi connectivity index (χ2n) is 6.83. The Kier molecular flexibility index (Phi) is 4.67. The van der Waals surface area contributed by atoms with Gasteiger partial charge in [0, 0.05) is 48.3 Å². The van der Waals surface area contributed by atoms with Gasteiger partial charge in [0.2, 0.25) is 5.75 Å². The molecule has 4 N–H and O–H groups in total. The van der Waals surface area contributed by atoms with E-state index < -0.39 is 23.2 Å². The van der Waals surface area contributed by atoms with Crippen molar-refractivity contribution in [1.29, 1.82) is 0 Å². The topological polar surface area (TPSA) is 126 Å². The van der Waals surface area contributed by atoms with E-state index in [2.05, 4.69) is 25.7 Å². The van der Waals surface area contributed by atoms with Crippen LogP contribution in [0.5, 0.6) is 17.2 Å². The van der Waals surface area contributed by atoms with Crippen molar-refractivity contribution in [2.24, 2.45) is 7.05 Å². The van der Waals surface area contributed by atoms with Crippen LogP contribution in [0.15, 0.2) is 23.0 Å². The van der Waals surface area contributed by atoms with E-state index in [0.29, 0.717) is 22.6 Å². The van der Waals surface area contributed by atoms with Gasteiger partial charge in [-0.05, 0) is 18.7 Å². The van der Waals surface area contributed by atoms with Crippen LogP contribution < -0.4 is 20.3 Å². The van der Waals surface area contributed by atoms with Crippen LogP contribution in [0.3, 0.4) is 0 Å². The quantitative estimate of drug-likeness (QED) is 0.496. The van der Waals surface area contributed by atoms with Gasteiger partial charge in [0.15, 0.2) is 5.75 Å². The zero-order chi connectivity index (χ0) is 20.7. The lowest BCUT2D eigenvalue weighted by Gasteiger charge is -2.12. The smallest absolute Gasteiger partial charge is 0.504 e. The van der Waals surface area contributed by atoms with Crippen molar-refractivity contribution >= 4 is 17.1 Å². The summed E-state index contributed by atoms with van der Waals surface area (Å²) in [4.78, 5) is 25.9. The standard InChI is InChI=1S/C20H21N3O6/c1-3-21-9-11-6-10-7-13-15(8-14(10)23(11)2)28-5-4-12-16(13)22-19(25)18(17(12)24)29-20(26)27/h6-8,21H,3-5,9H2,1-2H3,(H,26,27)(H2,22,24,25). The zero-order valence-corrected chi connectivity index (χ0v) is 16.0. The predicted molar refractivity (Wildman–Crippen MR) is 106 cm³/mol. The number of benzene rings is 1. The number of carbonyl (C=O) groups is 1. The van der Waals surface area contributed by atoms with Gasteiger partial charge >= 0.3 is 6.16 Å². The summed E-state index contributed by atoms with van der Waals surface area (Å²) >= 11 is 0. The number of nitrogens with zero attached hydrogens (tertiary/aromatic N) is 1. The van der Waals surface area contributed by atoms with Crippen molar-refractivity contribution < 1.29 is 24.5 Å². The Bertz CT molecular complexity index is 1180. The minimum absolute atomic E-state index is 0.256. The fourth-order valence-corrected chi connectivity index (χ4v) is 3.69. The third kappa shape index (κ3) is 3.19. The summed E-state index contributed by atoms with van der Waals surface area (Å²) in [5.74, 6) is -0.536. The summed E-state index contributed by atoms with van der Waals surface area (Å²) in [5, 5.41) is 23.6. The van der Waals surface area contributed by atoms with Crippen molar-refractivity contribution in [3.8, 4) is 28.5 Å². The Labute approximate surface area is 165 Å². The van der Waals surface area contributed by atoms with Gasteiger partial charge in [0.1, 0.15) is 5.75 Å². The number of hydrogen-bond acceptors (Lipinski definition) is 6. The van der Waals surface area contributed by atoms with E-state index in [1.165, 1.54) is 0 Å². The molecular weight excluding hydrogens is 378 g/mol. The van der Waals surface area contributed by atoms with Crippen molar-refractivity contribution in [2.45, 2.75) is 19.9 Å². The maximum Gasteiger partial charge on any atom is 0.511 e. The third-order valence-electron chi connectivity index (χ3n) is 5.12. The lowest BCUT2D eigenvalue weighted by atomic mass is 10.0. The minimum Gasteiger partial charge on any atom is -0.504 e. The van der Waals surface area contributed by atoms with Gasteiger partial charge in [0.25, 0.3) is 5.56 Å². The molecule has 0 aliphatic carbocycles. The Hall–Kier alpha value is -3.46. The van der Waals surface area contributed by atoms with Crippen LogP contribution in [0.1, 0.15) is 18.2 Å². The van der Waals surface area contributed by atoms with Crippen LogP contribution in [0, 0.1) is 0 Å². The molecule has 2 aromatic heterocycles. The van der Waals surface area contributed by atoms with Crippen LogP contribution >= 0.6 is 0 Å². The SMILES string of the molecule is CCNCc1cc2cc3c(cc2n1C)OCCc1c-3[nH]c(=O)c(OC(=O)O)c1O. The Morgan fingerprint density at radius 1 is 1.38 bits per heavy atom. The number of ether oxygens (including phenoxy) is 2. The minimum atomic E-state index is -1.67. The van der Waals surface area contributed by atoms with Crippen LogP contribution in [0.25, 0.3) is 22.2 Å². The maximum atomic E-state index is 12.4. The number of aromatic nitrogens is 2. The van der Waals surface area contributed by atoms with E-state index in [0.717, 1.165) is 29.7 Å². The Morgan fingerprint density at radius 2 is 2.17 bits per heavy atom. The molecule has 1 aliphatic heterocycles. The van der Waals surface area contributed by atoms with Crippen LogP contribution in [-0.4, -0.2) is 39.1 Å². The molecule has 0 bridgehead atoms. The molecule has 0 spiro atoms. The molecule has 0 saturated carbocycles. The highest BCUT2D eigenvalue weighted by atomic mass is 16.7. The molecule has 0 amide bonds. The maximum absolute atomic E-state index is 12.4. The second-order valence-corrected chi connectivity index (χ2v) is 6.83. The second kappa shape index (κ2) is 7.17. The highest BCUT2D eigenvalue weighted by Crippen LogP contribution is 2.41. The molecule has 9 nitrogen and oxygen atoms in total. The van der Waals surface area contributed by atoms with E-state index in [1.807, 2.05) is 26.1 Å². The molecule has 4 rings (SSSR count). The van der Waals surface area contributed by atoms with Crippen molar-refractivity contribution in [3.05, 3.63) is 39.8 Å². The molecule has 0 saturated heterocycles. The molecule has 0 atom stereocenters. The number of carboxylic acid groups (broad SMARTS) is 1. The summed E-state index contributed by atoms with van der Waals surface area (Å²) in [7, 11) is 1.98. The van der Waals surface area contributed by atoms with E-state index in [1.54, 1.807) is 0 Å². The molecular formula is C20H21N3O6. The zero-order valence-electron chi connectivity index (χ0n) is 16.0. The predicted octanol–water partition coefficient (Wildman–Crippen LogP) is 2.34. The van der Waals surface area contributed by atoms with Gasteiger partial charge in [-0.15, -0.1) is 0 Å². The molecule has 0 unspecified atom stereocenters. The number of aromatic hydroxyl groups is 1. The molecule has 9 heteroatoms. The van der Waals surface area contributed by atoms with Gasteiger partial charge in [-0.3, -0.25) is 4.79 Å². The fraction of sp³-hybridized carbons (Fsp3) is 0.300. The summed E-state index contributed by atoms with van der Waals surface area (Å²) in [6.07, 6.45) is -1.39. The fourth-order valence-electron chi connectivity index (χ4n) is 3.69. The lowest BCUT2D eigenvalue weighted by molar-refractivity contribution is 0.142. The van der Waals surface area contributed by atoms with Gasteiger partial charge in [-0.25, -0.2) is 4.79 Å². The lowest BCUT2D eigenvalue weighted by Crippen LogP contribution is -2.17. The first kappa shape index (κ1) is 18.9. The first-order chi connectivity index (χ1) is 13.9. The largest absolute Gasteiger partial charge is 0.511 e. The van der Waals surface area contributed by atoms with E-state index in [9.17, 15) is 14.7 Å². The van der Waals surface area contributed by atoms with Gasteiger partial charge in [0.05, 0.1) is 17.8 Å². The average Bonchev–Trinajstić information content (AvgIpc) is 2.87. The monoisotopic (exact) mass is 399 g/mol. The number of H-pyrrole nitrogens is 1. The highest BCUT2D eigenvalue weighted by Gasteiger charge is 2.26. The van der Waals surface area contributed by atoms with Crippen molar-refractivity contribution in [1.82, 2.24) is 14.9 Å². The number of hydrogen-bond donors (Lipinski definition) is 4. The number of pyridine rings is 1. The number of fused-ring (bicyclic) bond motifs is 4. The summed E-state index contributed by atoms with van der Waals surface area (Å²) in [5.41, 5.74) is 2.66. The van der Waals surface area contributed by atoms with Crippen molar-refractivity contribution in [2.75, 3.05) is 13.2 Å². The number of aromatic amines is 1. The first-order valence-electron chi connectivity index (χ1n) is 9.25. The molecule has 1 aliphatic rings. The first-order valence-corrected chi connectivity index (χ1v) is 9.25. The van der Waals surface area contributed by atoms with Crippen molar-refractivity contribution in [3.63, 3.8) is 0 Å². The molecule has 0 fully saturated rings. The van der Waals surface area contributed by atoms with Crippen LogP contribution in [0.4, 0.5) is 4.79 Å². The number of aryl methyl sites for hydroxylation is 1. The van der Waals surface area contributed by atoms with Crippen LogP contribution in [0.2, 0.25) is 0 Å². The van der Waals surface area contributed by atoms with E-state index >= 15 is 0 Å². The molecule has 3 aromatic rings. The Balaban J connectivity index is 1.91. The average molecular weight is 399 g/mol. The van der Waals surface area contributed by atoms with E-state index in [-0.39, 0.29) is 13.0 Å². The van der Waals surface area contributed by atoms with Gasteiger partial charge in [-0.1, -0.05) is 6.92 Å². The summed E-state index contributed by atoms with van der Waals surface area (Å²) in [6, 6.07) is 5.87. The summed E-state index contributed by atoms with van der Waals surface area (Å²) < 4.78 is 12.4. The molecule has 0 radical (unpaired) electrons. The molecule has 29 heavy (non-hydrogen) atoms. The Morgan fingerprint density at radius 3 is 2.90 bits per heavy atom. The van der Waals surface area contributed by atoms with Crippen LogP contribution in [-0.2, 0) is 20.0 Å². The van der Waals surface area contributed by atoms with E-state index in [4.69, 9.17) is 9.84 Å². The molecule has 3 heterocycles.